The molecule has 0 aliphatic carbocycles. The minimum Gasteiger partial charge on any atom is -0.394 e. The number of aryl methyl sites for hydroxylation is 1. The van der Waals surface area contributed by atoms with Crippen molar-refractivity contribution < 1.29 is 9.90 Å². The van der Waals surface area contributed by atoms with Gasteiger partial charge in [0.1, 0.15) is 0 Å². The quantitative estimate of drug-likeness (QED) is 0.826. The summed E-state index contributed by atoms with van der Waals surface area (Å²) >= 11 is 5.97. The van der Waals surface area contributed by atoms with Gasteiger partial charge < -0.3 is 10.4 Å². The van der Waals surface area contributed by atoms with Gasteiger partial charge in [-0.1, -0.05) is 29.8 Å². The molecule has 3 nitrogen and oxygen atoms in total. The smallest absolute Gasteiger partial charge is 0.220 e. The molecule has 1 rings (SSSR count). The van der Waals surface area contributed by atoms with Gasteiger partial charge >= 0.3 is 0 Å². The van der Waals surface area contributed by atoms with E-state index in [0.717, 1.165) is 5.56 Å². The highest BCUT2D eigenvalue weighted by Gasteiger charge is 2.07. The molecule has 0 saturated carbocycles. The summed E-state index contributed by atoms with van der Waals surface area (Å²) in [5, 5.41) is 12.2. The second kappa shape index (κ2) is 6.51. The molecule has 4 heteroatoms. The SMILES string of the molecule is C[C@H](CO)NC(=O)CCc1ccccc1Cl. The normalized spacial score (nSPS) is 12.2. The molecule has 0 unspecified atom stereocenters. The van der Waals surface area contributed by atoms with Gasteiger partial charge in [-0.3, -0.25) is 4.79 Å². The van der Waals surface area contributed by atoms with E-state index in [2.05, 4.69) is 5.32 Å². The number of carbonyl (C=O) groups is 1. The summed E-state index contributed by atoms with van der Waals surface area (Å²) in [6.45, 7) is 1.71. The van der Waals surface area contributed by atoms with Crippen LogP contribution in [0.5, 0.6) is 0 Å². The van der Waals surface area contributed by atoms with E-state index < -0.39 is 0 Å². The number of rotatable bonds is 5. The van der Waals surface area contributed by atoms with Crippen molar-refractivity contribution in [2.45, 2.75) is 25.8 Å². The van der Waals surface area contributed by atoms with Crippen molar-refractivity contribution in [3.8, 4) is 0 Å². The van der Waals surface area contributed by atoms with Crippen LogP contribution in [0.25, 0.3) is 0 Å². The summed E-state index contributed by atoms with van der Waals surface area (Å²) in [7, 11) is 0. The largest absolute Gasteiger partial charge is 0.394 e. The number of hydrogen-bond donors (Lipinski definition) is 2. The van der Waals surface area contributed by atoms with E-state index in [9.17, 15) is 4.79 Å². The van der Waals surface area contributed by atoms with E-state index in [1.165, 1.54) is 0 Å². The zero-order valence-electron chi connectivity index (χ0n) is 9.24. The molecule has 0 bridgehead atoms. The first-order valence-corrected chi connectivity index (χ1v) is 5.65. The van der Waals surface area contributed by atoms with E-state index in [1.54, 1.807) is 6.92 Å². The second-order valence-corrected chi connectivity index (χ2v) is 4.15. The molecular weight excluding hydrogens is 226 g/mol. The number of nitrogens with one attached hydrogen (secondary N) is 1. The molecule has 0 spiro atoms. The van der Waals surface area contributed by atoms with Gasteiger partial charge in [-0.25, -0.2) is 0 Å². The highest BCUT2D eigenvalue weighted by molar-refractivity contribution is 6.31. The lowest BCUT2D eigenvalue weighted by molar-refractivity contribution is -0.121. The molecular formula is C12H16ClNO2. The van der Waals surface area contributed by atoms with Crippen LogP contribution >= 0.6 is 11.6 Å². The average molecular weight is 242 g/mol. The van der Waals surface area contributed by atoms with Crippen molar-refractivity contribution in [3.05, 3.63) is 34.9 Å². The van der Waals surface area contributed by atoms with Gasteiger partial charge in [0.15, 0.2) is 0 Å². The Labute approximate surface area is 100 Å². The Bertz CT molecular complexity index is 355. The third-order valence-electron chi connectivity index (χ3n) is 2.26. The summed E-state index contributed by atoms with van der Waals surface area (Å²) in [5.74, 6) is -0.0681. The maximum Gasteiger partial charge on any atom is 0.220 e. The molecule has 0 aliphatic heterocycles. The fraction of sp³-hybridized carbons (Fsp3) is 0.417. The molecule has 2 N–H and O–H groups in total. The van der Waals surface area contributed by atoms with Crippen LogP contribution in [0.1, 0.15) is 18.9 Å². The van der Waals surface area contributed by atoms with Crippen LogP contribution in [0, 0.1) is 0 Å². The predicted molar refractivity (Wildman–Crippen MR) is 64.5 cm³/mol. The maximum absolute atomic E-state index is 11.4. The Morgan fingerprint density at radius 2 is 2.19 bits per heavy atom. The van der Waals surface area contributed by atoms with Gasteiger partial charge in [0, 0.05) is 17.5 Å². The van der Waals surface area contributed by atoms with E-state index >= 15 is 0 Å². The zero-order chi connectivity index (χ0) is 12.0. The lowest BCUT2D eigenvalue weighted by atomic mass is 10.1. The number of aliphatic hydroxyl groups is 1. The third-order valence-corrected chi connectivity index (χ3v) is 2.63. The first kappa shape index (κ1) is 13.0. The van der Waals surface area contributed by atoms with Crippen LogP contribution in [0.2, 0.25) is 5.02 Å². The first-order valence-electron chi connectivity index (χ1n) is 5.27. The molecule has 0 heterocycles. The number of hydrogen-bond acceptors (Lipinski definition) is 2. The molecule has 16 heavy (non-hydrogen) atoms. The van der Waals surface area contributed by atoms with Gasteiger partial charge in [-0.05, 0) is 25.0 Å². The molecule has 88 valence electrons. The van der Waals surface area contributed by atoms with Crippen molar-refractivity contribution in [1.29, 1.82) is 0 Å². The standard InChI is InChI=1S/C12H16ClNO2/c1-9(8-15)14-12(16)7-6-10-4-2-3-5-11(10)13/h2-5,9,15H,6-8H2,1H3,(H,14,16)/t9-/m1/s1. The summed E-state index contributed by atoms with van der Waals surface area (Å²) in [6.07, 6.45) is 0.998. The van der Waals surface area contributed by atoms with Crippen LogP contribution in [0.15, 0.2) is 24.3 Å². The fourth-order valence-corrected chi connectivity index (χ4v) is 1.57. The number of amides is 1. The molecule has 1 aromatic rings. The van der Waals surface area contributed by atoms with Gasteiger partial charge in [-0.15, -0.1) is 0 Å². The minimum atomic E-state index is -0.196. The highest BCUT2D eigenvalue weighted by atomic mass is 35.5. The van der Waals surface area contributed by atoms with Crippen molar-refractivity contribution >= 4 is 17.5 Å². The molecule has 0 radical (unpaired) electrons. The van der Waals surface area contributed by atoms with Crippen LogP contribution in [-0.4, -0.2) is 23.7 Å². The monoisotopic (exact) mass is 241 g/mol. The minimum absolute atomic E-state index is 0.0438. The van der Waals surface area contributed by atoms with Crippen LogP contribution in [-0.2, 0) is 11.2 Å². The van der Waals surface area contributed by atoms with Gasteiger partial charge in [0.2, 0.25) is 5.91 Å². The lowest BCUT2D eigenvalue weighted by Gasteiger charge is -2.10. The van der Waals surface area contributed by atoms with E-state index in [4.69, 9.17) is 16.7 Å². The van der Waals surface area contributed by atoms with Crippen LogP contribution in [0.3, 0.4) is 0 Å². The van der Waals surface area contributed by atoms with Crippen LogP contribution in [0.4, 0.5) is 0 Å². The highest BCUT2D eigenvalue weighted by Crippen LogP contribution is 2.16. The van der Waals surface area contributed by atoms with Crippen LogP contribution < -0.4 is 5.32 Å². The topological polar surface area (TPSA) is 49.3 Å². The molecule has 1 atom stereocenters. The molecule has 1 aromatic carbocycles. The Morgan fingerprint density at radius 1 is 1.50 bits per heavy atom. The van der Waals surface area contributed by atoms with Gasteiger partial charge in [0.05, 0.1) is 6.61 Å². The van der Waals surface area contributed by atoms with E-state index in [0.29, 0.717) is 17.9 Å². The van der Waals surface area contributed by atoms with E-state index in [-0.39, 0.29) is 18.6 Å². The Balaban J connectivity index is 2.40. The summed E-state index contributed by atoms with van der Waals surface area (Å²) in [5.41, 5.74) is 0.968. The molecule has 0 saturated heterocycles. The summed E-state index contributed by atoms with van der Waals surface area (Å²) in [6, 6.07) is 7.28. The average Bonchev–Trinajstić information content (AvgIpc) is 2.28. The van der Waals surface area contributed by atoms with Crippen molar-refractivity contribution in [1.82, 2.24) is 5.32 Å². The fourth-order valence-electron chi connectivity index (χ4n) is 1.34. The first-order chi connectivity index (χ1) is 7.63. The number of carbonyl (C=O) groups excluding carboxylic acids is 1. The Morgan fingerprint density at radius 3 is 2.81 bits per heavy atom. The Kier molecular flexibility index (Phi) is 5.29. The lowest BCUT2D eigenvalue weighted by Crippen LogP contribution is -2.35. The number of benzene rings is 1. The number of halogens is 1. The molecule has 0 aliphatic rings. The van der Waals surface area contributed by atoms with Crippen molar-refractivity contribution in [3.63, 3.8) is 0 Å². The number of aliphatic hydroxyl groups excluding tert-OH is 1. The molecule has 0 aromatic heterocycles. The third kappa shape index (κ3) is 4.21. The molecule has 0 fully saturated rings. The van der Waals surface area contributed by atoms with Crippen molar-refractivity contribution in [2.75, 3.05) is 6.61 Å². The summed E-state index contributed by atoms with van der Waals surface area (Å²) < 4.78 is 0. The molecule has 1 amide bonds. The van der Waals surface area contributed by atoms with Crippen molar-refractivity contribution in [2.24, 2.45) is 0 Å². The van der Waals surface area contributed by atoms with E-state index in [1.807, 2.05) is 24.3 Å². The van der Waals surface area contributed by atoms with Gasteiger partial charge in [-0.2, -0.15) is 0 Å². The van der Waals surface area contributed by atoms with Gasteiger partial charge in [0.25, 0.3) is 0 Å². The Hall–Kier alpha value is -1.06. The zero-order valence-corrected chi connectivity index (χ0v) is 10.00. The second-order valence-electron chi connectivity index (χ2n) is 3.74. The maximum atomic E-state index is 11.4. The predicted octanol–water partition coefficient (Wildman–Crippen LogP) is 1.77. The summed E-state index contributed by atoms with van der Waals surface area (Å²) in [4.78, 5) is 11.4.